The summed E-state index contributed by atoms with van der Waals surface area (Å²) < 4.78 is 87.2. The number of carbonyl (C=O) groups is 1. The average Bonchev–Trinajstić information content (AvgIpc) is 3.65. The Labute approximate surface area is 257 Å². The molecule has 1 N–H and O–H groups in total. The number of hydrogen-bond acceptors (Lipinski definition) is 7. The molecular weight excluding hydrogens is 613 g/mol. The number of piperidine rings is 1. The third kappa shape index (κ3) is 4.20. The lowest BCUT2D eigenvalue weighted by Crippen LogP contribution is -2.78. The molecule has 2 aromatic carbocycles. The van der Waals surface area contributed by atoms with Crippen LogP contribution >= 0.6 is 0 Å². The molecule has 2 bridgehead atoms. The molecule has 0 radical (unpaired) electrons. The maximum atomic E-state index is 14.0. The molecule has 2 fully saturated rings. The smallest absolute Gasteiger partial charge is 0.416 e. The molecule has 9 nitrogen and oxygen atoms in total. The molecule has 3 heterocycles. The second kappa shape index (κ2) is 10.1. The van der Waals surface area contributed by atoms with Crippen LogP contribution in [0.15, 0.2) is 70.4 Å². The molecule has 1 spiro atoms. The second-order valence-corrected chi connectivity index (χ2v) is 14.0. The van der Waals surface area contributed by atoms with Crippen LogP contribution in [-0.4, -0.2) is 73.1 Å². The average molecular weight is 645 g/mol. The SMILES string of the molecule is COc1ccc2c3c1O[C@H]1[C@H](N(C)C(=O)/C=C\c4ccoc4)CC[C@@]4(O)[C@@H](C2)N(S(=O)(=O)c2cccc(C(F)(F)F)c2)CC[C@]314. The highest BCUT2D eigenvalue weighted by Crippen LogP contribution is 2.66. The Morgan fingerprint density at radius 2 is 2.00 bits per heavy atom. The van der Waals surface area contributed by atoms with Crippen molar-refractivity contribution in [3.63, 3.8) is 0 Å². The third-order valence-electron chi connectivity index (χ3n) is 10.2. The number of amides is 1. The monoisotopic (exact) mass is 644 g/mol. The number of hydrogen-bond donors (Lipinski definition) is 1. The van der Waals surface area contributed by atoms with Gasteiger partial charge >= 0.3 is 6.18 Å². The van der Waals surface area contributed by atoms with Gasteiger partial charge in [0.1, 0.15) is 6.10 Å². The highest BCUT2D eigenvalue weighted by molar-refractivity contribution is 7.89. The minimum atomic E-state index is -4.72. The molecule has 13 heteroatoms. The number of carbonyl (C=O) groups excluding carboxylic acids is 1. The third-order valence-corrected chi connectivity index (χ3v) is 12.1. The molecule has 0 unspecified atom stereocenters. The van der Waals surface area contributed by atoms with Crippen LogP contribution in [0.1, 0.15) is 41.5 Å². The van der Waals surface area contributed by atoms with E-state index in [0.717, 1.165) is 34.9 Å². The van der Waals surface area contributed by atoms with Crippen molar-refractivity contribution >= 4 is 22.0 Å². The van der Waals surface area contributed by atoms with Crippen LogP contribution in [0.25, 0.3) is 6.08 Å². The topological polar surface area (TPSA) is 110 Å². The van der Waals surface area contributed by atoms with Gasteiger partial charge in [-0.2, -0.15) is 17.5 Å². The molecular formula is C32H31F3N2O7S. The van der Waals surface area contributed by atoms with Crippen LogP contribution < -0.4 is 9.47 Å². The highest BCUT2D eigenvalue weighted by atomic mass is 32.2. The number of benzene rings is 2. The summed E-state index contributed by atoms with van der Waals surface area (Å²) in [5.41, 5.74) is -1.57. The van der Waals surface area contributed by atoms with Gasteiger partial charge in [-0.25, -0.2) is 8.42 Å². The fourth-order valence-electron chi connectivity index (χ4n) is 8.10. The Morgan fingerprint density at radius 3 is 2.71 bits per heavy atom. The number of aliphatic hydroxyl groups is 1. The maximum absolute atomic E-state index is 14.0. The van der Waals surface area contributed by atoms with Gasteiger partial charge in [0, 0.05) is 30.8 Å². The zero-order chi connectivity index (χ0) is 31.9. The second-order valence-electron chi connectivity index (χ2n) is 12.1. The van der Waals surface area contributed by atoms with E-state index in [1.54, 1.807) is 30.2 Å². The Bertz CT molecular complexity index is 1810. The first-order valence-corrected chi connectivity index (χ1v) is 16.0. The number of methoxy groups -OCH3 is 1. The zero-order valence-corrected chi connectivity index (χ0v) is 25.3. The first-order valence-electron chi connectivity index (χ1n) is 14.6. The summed E-state index contributed by atoms with van der Waals surface area (Å²) in [5.74, 6) is 0.643. The quantitative estimate of drug-likeness (QED) is 0.397. The minimum absolute atomic E-state index is 0.0632. The molecule has 3 aromatic rings. The van der Waals surface area contributed by atoms with Gasteiger partial charge in [-0.3, -0.25) is 4.79 Å². The van der Waals surface area contributed by atoms with E-state index in [1.807, 2.05) is 6.07 Å². The number of halogens is 3. The van der Waals surface area contributed by atoms with E-state index >= 15 is 0 Å². The van der Waals surface area contributed by atoms with E-state index in [0.29, 0.717) is 24.0 Å². The number of sulfonamides is 1. The van der Waals surface area contributed by atoms with Gasteiger partial charge in [0.15, 0.2) is 11.5 Å². The van der Waals surface area contributed by atoms with E-state index in [9.17, 15) is 31.5 Å². The van der Waals surface area contributed by atoms with Gasteiger partial charge in [0.05, 0.1) is 53.2 Å². The van der Waals surface area contributed by atoms with E-state index in [2.05, 4.69) is 0 Å². The van der Waals surface area contributed by atoms with Crippen LogP contribution in [0, 0.1) is 0 Å². The van der Waals surface area contributed by atoms with Gasteiger partial charge in [-0.05, 0) is 67.7 Å². The summed E-state index contributed by atoms with van der Waals surface area (Å²) in [7, 11) is -1.27. The fourth-order valence-corrected chi connectivity index (χ4v) is 9.81. The molecule has 1 saturated heterocycles. The standard InChI is InChI=1S/C32H31F3N2O7S/c1-36(26(38)9-6-19-11-15-43-18-19)23-10-12-31(39)25-16-20-7-8-24(42-2)28-27(20)30(31,29(23)44-28)13-14-37(25)45(40,41)22-5-3-4-21(17-22)32(33,34)35/h3-9,11,15,17-18,23,25,29,39H,10,12-14,16H2,1-2H3/b9-6-/t23-,25-,29+,30+,31-/m1/s1. The van der Waals surface area contributed by atoms with Gasteiger partial charge in [0.2, 0.25) is 15.9 Å². The first-order chi connectivity index (χ1) is 21.3. The molecule has 4 aliphatic rings. The van der Waals surface area contributed by atoms with Crippen molar-refractivity contribution in [2.24, 2.45) is 0 Å². The largest absolute Gasteiger partial charge is 0.493 e. The van der Waals surface area contributed by atoms with E-state index in [-0.39, 0.29) is 31.7 Å². The molecule has 1 saturated carbocycles. The van der Waals surface area contributed by atoms with Crippen LogP contribution in [0.2, 0.25) is 0 Å². The van der Waals surface area contributed by atoms with Crippen molar-refractivity contribution in [2.75, 3.05) is 20.7 Å². The van der Waals surface area contributed by atoms with Crippen molar-refractivity contribution in [2.45, 2.75) is 66.0 Å². The highest BCUT2D eigenvalue weighted by Gasteiger charge is 2.74. The van der Waals surface area contributed by atoms with Gasteiger partial charge in [0.25, 0.3) is 0 Å². The molecule has 2 aliphatic carbocycles. The van der Waals surface area contributed by atoms with Gasteiger partial charge in [-0.1, -0.05) is 12.1 Å². The van der Waals surface area contributed by atoms with Crippen LogP contribution in [0.4, 0.5) is 13.2 Å². The first kappa shape index (κ1) is 29.9. The molecule has 5 atom stereocenters. The molecule has 2 aliphatic heterocycles. The van der Waals surface area contributed by atoms with Crippen molar-refractivity contribution in [1.29, 1.82) is 0 Å². The summed E-state index contributed by atoms with van der Waals surface area (Å²) in [4.78, 5) is 14.5. The Balaban J connectivity index is 1.31. The van der Waals surface area contributed by atoms with Crippen LogP contribution in [0.5, 0.6) is 11.5 Å². The van der Waals surface area contributed by atoms with Crippen molar-refractivity contribution in [3.05, 3.63) is 83.3 Å². The fraction of sp³-hybridized carbons (Fsp3) is 0.406. The number of alkyl halides is 3. The molecule has 1 aromatic heterocycles. The number of rotatable bonds is 6. The Morgan fingerprint density at radius 1 is 1.20 bits per heavy atom. The number of likely N-dealkylation sites (N-methyl/N-ethyl adjacent to an activating group) is 1. The Hall–Kier alpha value is -3.81. The van der Waals surface area contributed by atoms with Crippen molar-refractivity contribution in [3.8, 4) is 11.5 Å². The van der Waals surface area contributed by atoms with Crippen LogP contribution in [-0.2, 0) is 32.8 Å². The van der Waals surface area contributed by atoms with E-state index in [1.165, 1.54) is 30.0 Å². The minimum Gasteiger partial charge on any atom is -0.493 e. The summed E-state index contributed by atoms with van der Waals surface area (Å²) in [6.07, 6.45) is 1.31. The summed E-state index contributed by atoms with van der Waals surface area (Å²) in [6.45, 7) is -0.0632. The Kier molecular flexibility index (Phi) is 6.70. The lowest BCUT2D eigenvalue weighted by Gasteiger charge is -2.64. The number of nitrogens with zero attached hydrogens (tertiary/aromatic N) is 2. The number of furan rings is 1. The zero-order valence-electron chi connectivity index (χ0n) is 24.5. The van der Waals surface area contributed by atoms with Gasteiger partial charge < -0.3 is 23.9 Å². The molecule has 7 rings (SSSR count). The summed E-state index contributed by atoms with van der Waals surface area (Å²) >= 11 is 0. The van der Waals surface area contributed by atoms with Gasteiger partial charge in [-0.15, -0.1) is 0 Å². The molecule has 1 amide bonds. The van der Waals surface area contributed by atoms with Crippen LogP contribution in [0.3, 0.4) is 0 Å². The van der Waals surface area contributed by atoms with Crippen molar-refractivity contribution in [1.82, 2.24) is 9.21 Å². The predicted octanol–water partition coefficient (Wildman–Crippen LogP) is 4.39. The van der Waals surface area contributed by atoms with Crippen molar-refractivity contribution < 1.29 is 45.4 Å². The summed E-state index contributed by atoms with van der Waals surface area (Å²) in [6, 6.07) is 7.49. The normalized spacial score (nSPS) is 28.9. The molecule has 238 valence electrons. The molecule has 45 heavy (non-hydrogen) atoms. The van der Waals surface area contributed by atoms with E-state index < -0.39 is 55.9 Å². The number of ether oxygens (including phenoxy) is 2. The van der Waals surface area contributed by atoms with E-state index in [4.69, 9.17) is 13.9 Å². The maximum Gasteiger partial charge on any atom is 0.416 e. The lowest BCUT2D eigenvalue weighted by molar-refractivity contribution is -0.186. The lowest BCUT2D eigenvalue weighted by atomic mass is 9.48. The summed E-state index contributed by atoms with van der Waals surface area (Å²) in [5, 5.41) is 12.8. The predicted molar refractivity (Wildman–Crippen MR) is 155 cm³/mol.